The van der Waals surface area contributed by atoms with Gasteiger partial charge in [0.25, 0.3) is 5.91 Å². The van der Waals surface area contributed by atoms with E-state index in [1.807, 2.05) is 0 Å². The van der Waals surface area contributed by atoms with Gasteiger partial charge in [0.15, 0.2) is 0 Å². The minimum Gasteiger partial charge on any atom is -0.347 e. The summed E-state index contributed by atoms with van der Waals surface area (Å²) < 4.78 is 0.911. The highest BCUT2D eigenvalue weighted by molar-refractivity contribution is 9.10. The van der Waals surface area contributed by atoms with Crippen molar-refractivity contribution in [1.82, 2.24) is 10.2 Å². The number of nitrogens with one attached hydrogen (secondary N) is 1. The number of nitrogens with zero attached hydrogens (tertiary/aromatic N) is 1. The van der Waals surface area contributed by atoms with Crippen LogP contribution < -0.4 is 5.32 Å². The van der Waals surface area contributed by atoms with Crippen molar-refractivity contribution in [3.8, 4) is 0 Å². The van der Waals surface area contributed by atoms with E-state index in [2.05, 4.69) is 21.2 Å². The zero-order chi connectivity index (χ0) is 12.1. The van der Waals surface area contributed by atoms with Gasteiger partial charge in [0.2, 0.25) is 5.91 Å². The third-order valence-electron chi connectivity index (χ3n) is 2.01. The second-order valence-electron chi connectivity index (χ2n) is 3.48. The lowest BCUT2D eigenvalue weighted by Crippen LogP contribution is -2.36. The van der Waals surface area contributed by atoms with Crippen LogP contribution >= 0.6 is 15.9 Å². The summed E-state index contributed by atoms with van der Waals surface area (Å²) in [4.78, 5) is 24.3. The van der Waals surface area contributed by atoms with Crippen LogP contribution in [0.25, 0.3) is 0 Å². The first-order valence-electron chi connectivity index (χ1n) is 4.74. The van der Waals surface area contributed by atoms with Crippen molar-refractivity contribution < 1.29 is 9.59 Å². The normalized spacial score (nSPS) is 9.69. The number of carbonyl (C=O) groups is 2. The Labute approximate surface area is 103 Å². The second kappa shape index (κ2) is 5.65. The number of hydrogen-bond donors (Lipinski definition) is 1. The van der Waals surface area contributed by atoms with E-state index in [9.17, 15) is 9.59 Å². The molecule has 0 heterocycles. The van der Waals surface area contributed by atoms with Gasteiger partial charge in [-0.2, -0.15) is 0 Å². The van der Waals surface area contributed by atoms with Crippen molar-refractivity contribution in [1.29, 1.82) is 0 Å². The molecule has 0 aromatic heterocycles. The number of hydrogen-bond acceptors (Lipinski definition) is 2. The summed E-state index contributed by atoms with van der Waals surface area (Å²) in [5, 5.41) is 2.55. The molecule has 16 heavy (non-hydrogen) atoms. The second-order valence-corrected chi connectivity index (χ2v) is 4.39. The Hall–Kier alpha value is -1.36. The Morgan fingerprint density at radius 3 is 2.31 bits per heavy atom. The van der Waals surface area contributed by atoms with Gasteiger partial charge in [-0.3, -0.25) is 9.59 Å². The predicted octanol–water partition coefficient (Wildman–Crippen LogP) is 1.27. The molecule has 5 heteroatoms. The summed E-state index contributed by atoms with van der Waals surface area (Å²) in [6.45, 7) is 0.0158. The van der Waals surface area contributed by atoms with Gasteiger partial charge in [0.05, 0.1) is 6.54 Å². The van der Waals surface area contributed by atoms with Crippen LogP contribution in [0.1, 0.15) is 10.4 Å². The summed E-state index contributed by atoms with van der Waals surface area (Å²) >= 11 is 3.28. The number of benzene rings is 1. The maximum Gasteiger partial charge on any atom is 0.251 e. The maximum atomic E-state index is 11.6. The van der Waals surface area contributed by atoms with Crippen molar-refractivity contribution in [2.75, 3.05) is 20.6 Å². The first-order chi connectivity index (χ1) is 7.50. The van der Waals surface area contributed by atoms with Crippen LogP contribution in [0.2, 0.25) is 0 Å². The molecule has 1 N–H and O–H groups in total. The van der Waals surface area contributed by atoms with Gasteiger partial charge in [-0.1, -0.05) is 15.9 Å². The molecule has 0 radical (unpaired) electrons. The van der Waals surface area contributed by atoms with Gasteiger partial charge in [0, 0.05) is 24.1 Å². The molecule has 0 spiro atoms. The van der Waals surface area contributed by atoms with Crippen molar-refractivity contribution in [2.24, 2.45) is 0 Å². The van der Waals surface area contributed by atoms with E-state index in [1.54, 1.807) is 38.4 Å². The van der Waals surface area contributed by atoms with Gasteiger partial charge in [0.1, 0.15) is 0 Å². The number of rotatable bonds is 3. The Kier molecular flexibility index (Phi) is 4.49. The fraction of sp³-hybridized carbons (Fsp3) is 0.273. The molecule has 2 amide bonds. The van der Waals surface area contributed by atoms with Crippen LogP contribution in [0.5, 0.6) is 0 Å². The molecule has 1 aromatic rings. The molecule has 0 bridgehead atoms. The number of amides is 2. The SMILES string of the molecule is CN(C)C(=O)CNC(=O)c1ccc(Br)cc1. The molecular formula is C11H13BrN2O2. The summed E-state index contributed by atoms with van der Waals surface area (Å²) in [6.07, 6.45) is 0. The molecule has 86 valence electrons. The number of carbonyl (C=O) groups excluding carboxylic acids is 2. The van der Waals surface area contributed by atoms with Gasteiger partial charge < -0.3 is 10.2 Å². The first-order valence-corrected chi connectivity index (χ1v) is 5.54. The lowest BCUT2D eigenvalue weighted by atomic mass is 10.2. The van der Waals surface area contributed by atoms with Crippen LogP contribution in [-0.4, -0.2) is 37.4 Å². The molecule has 0 unspecified atom stereocenters. The monoisotopic (exact) mass is 284 g/mol. The van der Waals surface area contributed by atoms with Gasteiger partial charge in [-0.15, -0.1) is 0 Å². The Morgan fingerprint density at radius 2 is 1.81 bits per heavy atom. The van der Waals surface area contributed by atoms with E-state index >= 15 is 0 Å². The van der Waals surface area contributed by atoms with Crippen LogP contribution in [0.15, 0.2) is 28.7 Å². The maximum absolute atomic E-state index is 11.6. The molecule has 1 rings (SSSR count). The van der Waals surface area contributed by atoms with Crippen molar-refractivity contribution >= 4 is 27.7 Å². The van der Waals surface area contributed by atoms with E-state index < -0.39 is 0 Å². The molecule has 0 aliphatic rings. The van der Waals surface area contributed by atoms with Crippen molar-refractivity contribution in [3.05, 3.63) is 34.3 Å². The molecule has 0 atom stereocenters. The van der Waals surface area contributed by atoms with Crippen LogP contribution in [0.3, 0.4) is 0 Å². The van der Waals surface area contributed by atoms with E-state index in [0.29, 0.717) is 5.56 Å². The fourth-order valence-corrected chi connectivity index (χ4v) is 1.28. The van der Waals surface area contributed by atoms with E-state index in [1.165, 1.54) is 4.90 Å². The Balaban J connectivity index is 2.53. The summed E-state index contributed by atoms with van der Waals surface area (Å²) in [5.41, 5.74) is 0.537. The lowest BCUT2D eigenvalue weighted by molar-refractivity contribution is -0.127. The standard InChI is InChI=1S/C11H13BrN2O2/c1-14(2)10(15)7-13-11(16)8-3-5-9(12)6-4-8/h3-6H,7H2,1-2H3,(H,13,16). The van der Waals surface area contributed by atoms with Crippen LogP contribution in [0.4, 0.5) is 0 Å². The molecule has 0 saturated heterocycles. The Bertz CT molecular complexity index is 387. The zero-order valence-corrected chi connectivity index (χ0v) is 10.7. The average molecular weight is 285 g/mol. The molecule has 4 nitrogen and oxygen atoms in total. The third kappa shape index (κ3) is 3.66. The molecule has 0 aliphatic heterocycles. The zero-order valence-electron chi connectivity index (χ0n) is 9.16. The van der Waals surface area contributed by atoms with Gasteiger partial charge >= 0.3 is 0 Å². The van der Waals surface area contributed by atoms with Crippen molar-refractivity contribution in [2.45, 2.75) is 0 Å². The number of likely N-dealkylation sites (N-methyl/N-ethyl adjacent to an activating group) is 1. The molecular weight excluding hydrogens is 272 g/mol. The van der Waals surface area contributed by atoms with E-state index in [0.717, 1.165) is 4.47 Å². The summed E-state index contributed by atoms with van der Waals surface area (Å²) in [6, 6.07) is 6.95. The highest BCUT2D eigenvalue weighted by atomic mass is 79.9. The first kappa shape index (κ1) is 12.7. The van der Waals surface area contributed by atoms with Crippen LogP contribution in [0, 0.1) is 0 Å². The summed E-state index contributed by atoms with van der Waals surface area (Å²) in [7, 11) is 3.29. The predicted molar refractivity (Wildman–Crippen MR) is 65.2 cm³/mol. The molecule has 0 aliphatic carbocycles. The quantitative estimate of drug-likeness (QED) is 0.909. The highest BCUT2D eigenvalue weighted by Crippen LogP contribution is 2.10. The molecule has 0 saturated carbocycles. The topological polar surface area (TPSA) is 49.4 Å². The minimum atomic E-state index is -0.247. The van der Waals surface area contributed by atoms with E-state index in [-0.39, 0.29) is 18.4 Å². The average Bonchev–Trinajstić information content (AvgIpc) is 2.26. The number of halogens is 1. The van der Waals surface area contributed by atoms with Gasteiger partial charge in [-0.05, 0) is 24.3 Å². The highest BCUT2D eigenvalue weighted by Gasteiger charge is 2.08. The van der Waals surface area contributed by atoms with Gasteiger partial charge in [-0.25, -0.2) is 0 Å². The minimum absolute atomic E-state index is 0.0158. The largest absolute Gasteiger partial charge is 0.347 e. The van der Waals surface area contributed by atoms with E-state index in [4.69, 9.17) is 0 Å². The summed E-state index contributed by atoms with van der Waals surface area (Å²) in [5.74, 6) is -0.381. The molecule has 0 fully saturated rings. The fourth-order valence-electron chi connectivity index (χ4n) is 1.02. The molecule has 1 aromatic carbocycles. The third-order valence-corrected chi connectivity index (χ3v) is 2.53. The lowest BCUT2D eigenvalue weighted by Gasteiger charge is -2.10. The Morgan fingerprint density at radius 1 is 1.25 bits per heavy atom. The van der Waals surface area contributed by atoms with Crippen LogP contribution in [-0.2, 0) is 4.79 Å². The van der Waals surface area contributed by atoms with Crippen molar-refractivity contribution in [3.63, 3.8) is 0 Å². The smallest absolute Gasteiger partial charge is 0.251 e.